The van der Waals surface area contributed by atoms with Crippen LogP contribution in [0.4, 0.5) is 0 Å². The molecule has 1 rings (SSSR count). The van der Waals surface area contributed by atoms with Gasteiger partial charge in [-0.1, -0.05) is 0 Å². The molecular formula is C12H25N3O3. The summed E-state index contributed by atoms with van der Waals surface area (Å²) in [5.41, 5.74) is 5.43. The van der Waals surface area contributed by atoms with Gasteiger partial charge in [-0.3, -0.25) is 9.69 Å². The van der Waals surface area contributed by atoms with Crippen LogP contribution < -0.4 is 5.73 Å². The van der Waals surface area contributed by atoms with Crippen molar-refractivity contribution in [3.8, 4) is 0 Å². The van der Waals surface area contributed by atoms with Crippen LogP contribution in [0.3, 0.4) is 0 Å². The average Bonchev–Trinajstić information content (AvgIpc) is 2.38. The molecule has 0 aromatic heterocycles. The van der Waals surface area contributed by atoms with Gasteiger partial charge in [0.15, 0.2) is 0 Å². The summed E-state index contributed by atoms with van der Waals surface area (Å²) < 4.78 is 5.44. The molecule has 0 radical (unpaired) electrons. The Kier molecular flexibility index (Phi) is 6.56. The van der Waals surface area contributed by atoms with Crippen LogP contribution in [0.2, 0.25) is 0 Å². The van der Waals surface area contributed by atoms with Gasteiger partial charge in [-0.2, -0.15) is 0 Å². The number of nitrogens with zero attached hydrogens (tertiary/aromatic N) is 2. The first-order chi connectivity index (χ1) is 8.58. The van der Waals surface area contributed by atoms with E-state index in [2.05, 4.69) is 4.90 Å². The number of aliphatic hydroxyl groups is 1. The average molecular weight is 259 g/mol. The van der Waals surface area contributed by atoms with Crippen LogP contribution in [-0.2, 0) is 9.53 Å². The molecule has 2 atom stereocenters. The Morgan fingerprint density at radius 3 is 2.94 bits per heavy atom. The van der Waals surface area contributed by atoms with Crippen LogP contribution in [0.5, 0.6) is 0 Å². The molecule has 2 unspecified atom stereocenters. The second-order valence-corrected chi connectivity index (χ2v) is 4.87. The molecule has 6 heteroatoms. The summed E-state index contributed by atoms with van der Waals surface area (Å²) in [5.74, 6) is 0.0916. The fourth-order valence-corrected chi connectivity index (χ4v) is 1.95. The second-order valence-electron chi connectivity index (χ2n) is 4.87. The molecular weight excluding hydrogens is 234 g/mol. The predicted octanol–water partition coefficient (Wildman–Crippen LogP) is -1.12. The van der Waals surface area contributed by atoms with E-state index in [9.17, 15) is 4.79 Å². The smallest absolute Gasteiger partial charge is 0.236 e. The molecule has 0 aliphatic carbocycles. The Morgan fingerprint density at radius 2 is 2.33 bits per heavy atom. The van der Waals surface area contributed by atoms with Gasteiger partial charge in [0.2, 0.25) is 5.91 Å². The minimum absolute atomic E-state index is 0.000420. The first kappa shape index (κ1) is 15.4. The summed E-state index contributed by atoms with van der Waals surface area (Å²) in [6, 6.07) is 0.208. The van der Waals surface area contributed by atoms with Gasteiger partial charge in [0, 0.05) is 26.2 Å². The maximum Gasteiger partial charge on any atom is 0.236 e. The molecule has 0 saturated carbocycles. The molecule has 1 amide bonds. The summed E-state index contributed by atoms with van der Waals surface area (Å²) in [5, 5.41) is 9.09. The van der Waals surface area contributed by atoms with Crippen molar-refractivity contribution in [2.24, 2.45) is 5.73 Å². The monoisotopic (exact) mass is 259 g/mol. The number of hydrogen-bond acceptors (Lipinski definition) is 5. The van der Waals surface area contributed by atoms with Crippen molar-refractivity contribution in [1.29, 1.82) is 0 Å². The number of morpholine rings is 1. The van der Waals surface area contributed by atoms with Gasteiger partial charge >= 0.3 is 0 Å². The largest absolute Gasteiger partial charge is 0.394 e. The van der Waals surface area contributed by atoms with Gasteiger partial charge in [0.05, 0.1) is 25.9 Å². The molecule has 18 heavy (non-hydrogen) atoms. The fourth-order valence-electron chi connectivity index (χ4n) is 1.95. The molecule has 0 spiro atoms. The maximum atomic E-state index is 12.0. The van der Waals surface area contributed by atoms with E-state index in [0.29, 0.717) is 32.8 Å². The lowest BCUT2D eigenvalue weighted by Crippen LogP contribution is -2.52. The zero-order chi connectivity index (χ0) is 13.5. The lowest BCUT2D eigenvalue weighted by Gasteiger charge is -2.37. The molecule has 1 saturated heterocycles. The summed E-state index contributed by atoms with van der Waals surface area (Å²) in [7, 11) is 1.80. The highest BCUT2D eigenvalue weighted by atomic mass is 16.5. The first-order valence-corrected chi connectivity index (χ1v) is 6.49. The van der Waals surface area contributed by atoms with Crippen LogP contribution in [-0.4, -0.2) is 79.4 Å². The number of ether oxygens (including phenoxy) is 1. The van der Waals surface area contributed by atoms with E-state index >= 15 is 0 Å². The lowest BCUT2D eigenvalue weighted by molar-refractivity contribution is -0.136. The lowest BCUT2D eigenvalue weighted by atomic mass is 10.2. The highest BCUT2D eigenvalue weighted by Crippen LogP contribution is 2.11. The molecule has 1 heterocycles. The SMILES string of the molecule is CC1COC(CO)CN1CC(=O)N(C)CCCN. The van der Waals surface area contributed by atoms with E-state index in [4.69, 9.17) is 15.6 Å². The molecule has 3 N–H and O–H groups in total. The number of hydrogen-bond donors (Lipinski definition) is 2. The number of rotatable bonds is 6. The van der Waals surface area contributed by atoms with E-state index in [1.54, 1.807) is 11.9 Å². The van der Waals surface area contributed by atoms with Crippen molar-refractivity contribution in [3.05, 3.63) is 0 Å². The third kappa shape index (κ3) is 4.53. The summed E-state index contributed by atoms with van der Waals surface area (Å²) in [6.07, 6.45) is 0.642. The second kappa shape index (κ2) is 7.68. The van der Waals surface area contributed by atoms with Gasteiger partial charge in [-0.15, -0.1) is 0 Å². The number of nitrogens with two attached hydrogens (primary N) is 1. The normalized spacial score (nSPS) is 25.1. The highest BCUT2D eigenvalue weighted by Gasteiger charge is 2.27. The van der Waals surface area contributed by atoms with Crippen molar-refractivity contribution in [1.82, 2.24) is 9.80 Å². The van der Waals surface area contributed by atoms with Crippen molar-refractivity contribution in [3.63, 3.8) is 0 Å². The van der Waals surface area contributed by atoms with Gasteiger partial charge in [-0.05, 0) is 19.9 Å². The van der Waals surface area contributed by atoms with Crippen LogP contribution in [0.15, 0.2) is 0 Å². The van der Waals surface area contributed by atoms with Gasteiger partial charge in [0.1, 0.15) is 0 Å². The minimum atomic E-state index is -0.177. The highest BCUT2D eigenvalue weighted by molar-refractivity contribution is 5.78. The molecule has 106 valence electrons. The van der Waals surface area contributed by atoms with Crippen molar-refractivity contribution >= 4 is 5.91 Å². The van der Waals surface area contributed by atoms with Crippen molar-refractivity contribution < 1.29 is 14.6 Å². The third-order valence-corrected chi connectivity index (χ3v) is 3.30. The summed E-state index contributed by atoms with van der Waals surface area (Å²) in [6.45, 7) is 4.86. The fraction of sp³-hybridized carbons (Fsp3) is 0.917. The number of aliphatic hydroxyl groups excluding tert-OH is 1. The van der Waals surface area contributed by atoms with Crippen LogP contribution in [0.25, 0.3) is 0 Å². The quantitative estimate of drug-likeness (QED) is 0.631. The molecule has 6 nitrogen and oxygen atoms in total. The summed E-state index contributed by atoms with van der Waals surface area (Å²) in [4.78, 5) is 15.8. The van der Waals surface area contributed by atoms with Gasteiger partial charge < -0.3 is 20.5 Å². The van der Waals surface area contributed by atoms with Crippen LogP contribution >= 0.6 is 0 Å². The number of carbonyl (C=O) groups is 1. The van der Waals surface area contributed by atoms with E-state index in [1.807, 2.05) is 6.92 Å². The Bertz CT molecular complexity index is 263. The Hall–Kier alpha value is -0.690. The standard InChI is InChI=1S/C12H25N3O3/c1-10-9-18-11(8-16)6-15(10)7-12(17)14(2)5-3-4-13/h10-11,16H,3-9,13H2,1-2H3. The first-order valence-electron chi connectivity index (χ1n) is 6.49. The number of amides is 1. The molecule has 1 aliphatic rings. The van der Waals surface area contributed by atoms with E-state index in [1.165, 1.54) is 0 Å². The zero-order valence-corrected chi connectivity index (χ0v) is 11.3. The van der Waals surface area contributed by atoms with Gasteiger partial charge in [-0.25, -0.2) is 0 Å². The number of likely N-dealkylation sites (N-methyl/N-ethyl adjacent to an activating group) is 1. The molecule has 1 fully saturated rings. The topological polar surface area (TPSA) is 79.0 Å². The number of carbonyl (C=O) groups excluding carboxylic acids is 1. The van der Waals surface area contributed by atoms with E-state index in [0.717, 1.165) is 6.42 Å². The predicted molar refractivity (Wildman–Crippen MR) is 69.2 cm³/mol. The Labute approximate surface area is 109 Å². The summed E-state index contributed by atoms with van der Waals surface area (Å²) >= 11 is 0. The van der Waals surface area contributed by atoms with Gasteiger partial charge in [0.25, 0.3) is 0 Å². The van der Waals surface area contributed by atoms with Crippen LogP contribution in [0, 0.1) is 0 Å². The van der Waals surface area contributed by atoms with Crippen LogP contribution in [0.1, 0.15) is 13.3 Å². The molecule has 1 aliphatic heterocycles. The Morgan fingerprint density at radius 1 is 1.61 bits per heavy atom. The van der Waals surface area contributed by atoms with Crippen molar-refractivity contribution in [2.75, 3.05) is 46.4 Å². The minimum Gasteiger partial charge on any atom is -0.394 e. The Balaban J connectivity index is 2.41. The van der Waals surface area contributed by atoms with E-state index in [-0.39, 0.29) is 24.7 Å². The third-order valence-electron chi connectivity index (χ3n) is 3.30. The zero-order valence-electron chi connectivity index (χ0n) is 11.3. The van der Waals surface area contributed by atoms with E-state index < -0.39 is 0 Å². The maximum absolute atomic E-state index is 12.0. The van der Waals surface area contributed by atoms with Crippen molar-refractivity contribution in [2.45, 2.75) is 25.5 Å². The molecule has 0 bridgehead atoms. The molecule has 0 aromatic carbocycles. The molecule has 0 aromatic rings.